The molecule has 1 aromatic rings. The number of rotatable bonds is 1. The third-order valence-corrected chi connectivity index (χ3v) is 3.27. The molecule has 0 amide bonds. The van der Waals surface area contributed by atoms with Gasteiger partial charge in [0.2, 0.25) is 0 Å². The summed E-state index contributed by atoms with van der Waals surface area (Å²) in [5.41, 5.74) is 1.38. The number of piperazine rings is 1. The van der Waals surface area contributed by atoms with Gasteiger partial charge < -0.3 is 10.2 Å². The first-order chi connectivity index (χ1) is 6.27. The zero-order chi connectivity index (χ0) is 9.26. The van der Waals surface area contributed by atoms with Crippen LogP contribution in [0.1, 0.15) is 13.8 Å². The monoisotopic (exact) mass is 196 g/mol. The van der Waals surface area contributed by atoms with Crippen molar-refractivity contribution < 1.29 is 0 Å². The molecule has 0 bridgehead atoms. The van der Waals surface area contributed by atoms with Crippen molar-refractivity contribution in [3.05, 3.63) is 16.8 Å². The topological polar surface area (TPSA) is 15.3 Å². The fraction of sp³-hybridized carbons (Fsp3) is 0.600. The van der Waals surface area contributed by atoms with Gasteiger partial charge in [-0.05, 0) is 25.3 Å². The van der Waals surface area contributed by atoms with E-state index in [4.69, 9.17) is 0 Å². The molecule has 1 fully saturated rings. The highest BCUT2D eigenvalue weighted by atomic mass is 32.1. The Hall–Kier alpha value is -0.540. The van der Waals surface area contributed by atoms with Crippen LogP contribution >= 0.6 is 11.3 Å². The number of anilines is 1. The highest BCUT2D eigenvalue weighted by Gasteiger charge is 2.22. The lowest BCUT2D eigenvalue weighted by Crippen LogP contribution is -2.54. The second-order valence-corrected chi connectivity index (χ2v) is 4.57. The Morgan fingerprint density at radius 3 is 3.08 bits per heavy atom. The number of hydrogen-bond acceptors (Lipinski definition) is 3. The lowest BCUT2D eigenvalue weighted by molar-refractivity contribution is 0.425. The van der Waals surface area contributed by atoms with Gasteiger partial charge in [0.1, 0.15) is 0 Å². The van der Waals surface area contributed by atoms with Crippen LogP contribution in [0.2, 0.25) is 0 Å². The molecule has 2 atom stereocenters. The van der Waals surface area contributed by atoms with E-state index in [-0.39, 0.29) is 0 Å². The molecule has 0 aliphatic carbocycles. The second kappa shape index (κ2) is 3.68. The van der Waals surface area contributed by atoms with Gasteiger partial charge in [0.25, 0.3) is 0 Å². The first-order valence-electron chi connectivity index (χ1n) is 4.79. The van der Waals surface area contributed by atoms with Gasteiger partial charge in [-0.1, -0.05) is 0 Å². The summed E-state index contributed by atoms with van der Waals surface area (Å²) in [6, 6.07) is 3.43. The van der Waals surface area contributed by atoms with E-state index in [0.29, 0.717) is 12.1 Å². The molecule has 0 saturated carbocycles. The van der Waals surface area contributed by atoms with E-state index in [0.717, 1.165) is 13.1 Å². The number of nitrogens with one attached hydrogen (secondary N) is 1. The van der Waals surface area contributed by atoms with Gasteiger partial charge in [-0.25, -0.2) is 0 Å². The van der Waals surface area contributed by atoms with Crippen molar-refractivity contribution in [3.8, 4) is 0 Å². The summed E-state index contributed by atoms with van der Waals surface area (Å²) >= 11 is 1.77. The molecule has 2 heterocycles. The molecule has 2 rings (SSSR count). The molecule has 72 valence electrons. The predicted molar refractivity (Wildman–Crippen MR) is 58.6 cm³/mol. The summed E-state index contributed by atoms with van der Waals surface area (Å²) in [7, 11) is 0. The standard InChI is InChI=1S/C10H16N2S/c1-8-6-12(9(2)5-11-8)10-3-4-13-7-10/h3-4,7-9,11H,5-6H2,1-2H3. The molecular weight excluding hydrogens is 180 g/mol. The quantitative estimate of drug-likeness (QED) is 0.738. The molecule has 1 aromatic heterocycles. The molecule has 1 N–H and O–H groups in total. The first-order valence-corrected chi connectivity index (χ1v) is 5.74. The van der Waals surface area contributed by atoms with Gasteiger partial charge in [0, 0.05) is 36.2 Å². The van der Waals surface area contributed by atoms with E-state index in [9.17, 15) is 0 Å². The van der Waals surface area contributed by atoms with Gasteiger partial charge >= 0.3 is 0 Å². The molecule has 1 saturated heterocycles. The fourth-order valence-corrected chi connectivity index (χ4v) is 2.45. The van der Waals surface area contributed by atoms with E-state index in [1.165, 1.54) is 5.69 Å². The van der Waals surface area contributed by atoms with Gasteiger partial charge in [-0.3, -0.25) is 0 Å². The molecule has 3 heteroatoms. The van der Waals surface area contributed by atoms with Crippen LogP contribution in [0.4, 0.5) is 5.69 Å². The van der Waals surface area contributed by atoms with Crippen molar-refractivity contribution in [3.63, 3.8) is 0 Å². The van der Waals surface area contributed by atoms with Crippen molar-refractivity contribution in [2.75, 3.05) is 18.0 Å². The molecule has 2 nitrogen and oxygen atoms in total. The van der Waals surface area contributed by atoms with Crippen molar-refractivity contribution in [2.45, 2.75) is 25.9 Å². The normalized spacial score (nSPS) is 29.2. The van der Waals surface area contributed by atoms with E-state index < -0.39 is 0 Å². The number of hydrogen-bond donors (Lipinski definition) is 1. The Bertz CT molecular complexity index is 258. The van der Waals surface area contributed by atoms with Crippen LogP contribution in [-0.2, 0) is 0 Å². The van der Waals surface area contributed by atoms with Gasteiger partial charge in [-0.15, -0.1) is 0 Å². The molecule has 2 unspecified atom stereocenters. The highest BCUT2D eigenvalue weighted by Crippen LogP contribution is 2.22. The number of thiophene rings is 1. The summed E-state index contributed by atoms with van der Waals surface area (Å²) in [4.78, 5) is 2.48. The van der Waals surface area contributed by atoms with Crippen LogP contribution in [0.25, 0.3) is 0 Å². The van der Waals surface area contributed by atoms with Crippen LogP contribution in [0.3, 0.4) is 0 Å². The summed E-state index contributed by atoms with van der Waals surface area (Å²) < 4.78 is 0. The summed E-state index contributed by atoms with van der Waals surface area (Å²) in [5, 5.41) is 7.86. The van der Waals surface area contributed by atoms with Crippen LogP contribution in [0.5, 0.6) is 0 Å². The average Bonchev–Trinajstić information content (AvgIpc) is 2.61. The maximum Gasteiger partial charge on any atom is 0.0478 e. The van der Waals surface area contributed by atoms with E-state index in [2.05, 4.69) is 40.9 Å². The third kappa shape index (κ3) is 1.86. The molecule has 0 radical (unpaired) electrons. The maximum absolute atomic E-state index is 3.49. The average molecular weight is 196 g/mol. The molecule has 0 spiro atoms. The minimum Gasteiger partial charge on any atom is -0.365 e. The maximum atomic E-state index is 3.49. The Morgan fingerprint density at radius 1 is 1.54 bits per heavy atom. The summed E-state index contributed by atoms with van der Waals surface area (Å²) in [6.07, 6.45) is 0. The second-order valence-electron chi connectivity index (χ2n) is 3.79. The summed E-state index contributed by atoms with van der Waals surface area (Å²) in [5.74, 6) is 0. The minimum atomic E-state index is 0.607. The molecule has 13 heavy (non-hydrogen) atoms. The Balaban J connectivity index is 2.12. The molecule has 0 aromatic carbocycles. The summed E-state index contributed by atoms with van der Waals surface area (Å²) in [6.45, 7) is 6.73. The van der Waals surface area contributed by atoms with Gasteiger partial charge in [0.05, 0.1) is 0 Å². The van der Waals surface area contributed by atoms with Crippen LogP contribution < -0.4 is 10.2 Å². The van der Waals surface area contributed by atoms with Crippen LogP contribution in [0, 0.1) is 0 Å². The van der Waals surface area contributed by atoms with E-state index >= 15 is 0 Å². The smallest absolute Gasteiger partial charge is 0.0478 e. The number of nitrogens with zero attached hydrogens (tertiary/aromatic N) is 1. The van der Waals surface area contributed by atoms with Crippen molar-refractivity contribution >= 4 is 17.0 Å². The molecule has 1 aliphatic rings. The zero-order valence-corrected chi connectivity index (χ0v) is 8.97. The lowest BCUT2D eigenvalue weighted by Gasteiger charge is -2.38. The zero-order valence-electron chi connectivity index (χ0n) is 8.16. The SMILES string of the molecule is CC1CN(c2ccsc2)C(C)CN1. The Kier molecular flexibility index (Phi) is 2.56. The van der Waals surface area contributed by atoms with Crippen molar-refractivity contribution in [1.29, 1.82) is 0 Å². The fourth-order valence-electron chi connectivity index (χ4n) is 1.80. The highest BCUT2D eigenvalue weighted by molar-refractivity contribution is 7.08. The van der Waals surface area contributed by atoms with Gasteiger partial charge in [0.15, 0.2) is 0 Å². The Morgan fingerprint density at radius 2 is 2.38 bits per heavy atom. The van der Waals surface area contributed by atoms with E-state index in [1.807, 2.05) is 0 Å². The lowest BCUT2D eigenvalue weighted by atomic mass is 10.1. The first kappa shape index (κ1) is 9.03. The largest absolute Gasteiger partial charge is 0.365 e. The van der Waals surface area contributed by atoms with Crippen molar-refractivity contribution in [1.82, 2.24) is 5.32 Å². The van der Waals surface area contributed by atoms with Crippen LogP contribution in [0.15, 0.2) is 16.8 Å². The predicted octanol–water partition coefficient (Wildman–Crippen LogP) is 1.93. The minimum absolute atomic E-state index is 0.607. The van der Waals surface area contributed by atoms with Crippen molar-refractivity contribution in [2.24, 2.45) is 0 Å². The van der Waals surface area contributed by atoms with E-state index in [1.54, 1.807) is 11.3 Å². The molecule has 1 aliphatic heterocycles. The van der Waals surface area contributed by atoms with Crippen LogP contribution in [-0.4, -0.2) is 25.2 Å². The molecular formula is C10H16N2S. The van der Waals surface area contributed by atoms with Gasteiger partial charge in [-0.2, -0.15) is 11.3 Å². The third-order valence-electron chi connectivity index (χ3n) is 2.60. The Labute approximate surface area is 83.6 Å².